The van der Waals surface area contributed by atoms with E-state index < -0.39 is 4.92 Å². The van der Waals surface area contributed by atoms with Crippen molar-refractivity contribution >= 4 is 17.7 Å². The minimum atomic E-state index is -0.550. The molecule has 2 heterocycles. The Bertz CT molecular complexity index is 704. The molecule has 0 saturated heterocycles. The summed E-state index contributed by atoms with van der Waals surface area (Å²) < 4.78 is 6.93. The van der Waals surface area contributed by atoms with Crippen LogP contribution >= 0.6 is 0 Å². The summed E-state index contributed by atoms with van der Waals surface area (Å²) in [6, 6.07) is 3.93. The van der Waals surface area contributed by atoms with E-state index >= 15 is 0 Å². The first-order valence-corrected chi connectivity index (χ1v) is 5.35. The van der Waals surface area contributed by atoms with Gasteiger partial charge in [-0.3, -0.25) is 14.9 Å². The molecule has 1 aromatic heterocycles. The quantitative estimate of drug-likeness (QED) is 0.465. The van der Waals surface area contributed by atoms with Crippen molar-refractivity contribution in [3.05, 3.63) is 58.4 Å². The number of benzene rings is 1. The van der Waals surface area contributed by atoms with Crippen molar-refractivity contribution in [1.82, 2.24) is 9.55 Å². The molecule has 0 bridgehead atoms. The molecule has 19 heavy (non-hydrogen) atoms. The SMILES string of the molecule is O=C1/C(=C\n2ccnc2)Oc2ccc([N+](=O)[O-])cc21. The Hall–Kier alpha value is -2.96. The van der Waals surface area contributed by atoms with Crippen LogP contribution in [0.5, 0.6) is 5.75 Å². The predicted molar refractivity (Wildman–Crippen MR) is 64.6 cm³/mol. The molecule has 0 fully saturated rings. The molecule has 1 aromatic carbocycles. The Kier molecular flexibility index (Phi) is 2.38. The number of nitro benzene ring substituents is 1. The molecular weight excluding hydrogens is 250 g/mol. The van der Waals surface area contributed by atoms with Gasteiger partial charge in [-0.15, -0.1) is 0 Å². The van der Waals surface area contributed by atoms with Gasteiger partial charge in [0.2, 0.25) is 5.78 Å². The van der Waals surface area contributed by atoms with Gasteiger partial charge in [0.25, 0.3) is 5.69 Å². The van der Waals surface area contributed by atoms with Crippen molar-refractivity contribution in [3.8, 4) is 5.75 Å². The largest absolute Gasteiger partial charge is 0.451 e. The Labute approximate surface area is 106 Å². The number of hydrogen-bond donors (Lipinski definition) is 0. The summed E-state index contributed by atoms with van der Waals surface area (Å²) in [7, 11) is 0. The molecule has 0 unspecified atom stereocenters. The maximum absolute atomic E-state index is 12.0. The zero-order valence-corrected chi connectivity index (χ0v) is 9.52. The van der Waals surface area contributed by atoms with Crippen LogP contribution in [-0.4, -0.2) is 20.3 Å². The van der Waals surface area contributed by atoms with Crippen LogP contribution in [0.1, 0.15) is 10.4 Å². The van der Waals surface area contributed by atoms with Gasteiger partial charge in [-0.2, -0.15) is 0 Å². The van der Waals surface area contributed by atoms with Gasteiger partial charge in [0.05, 0.1) is 23.0 Å². The lowest BCUT2D eigenvalue weighted by Crippen LogP contribution is -2.00. The summed E-state index contributed by atoms with van der Waals surface area (Å²) in [6.07, 6.45) is 6.19. The normalized spacial score (nSPS) is 15.4. The van der Waals surface area contributed by atoms with Crippen molar-refractivity contribution in [1.29, 1.82) is 0 Å². The fraction of sp³-hybridized carbons (Fsp3) is 0. The van der Waals surface area contributed by atoms with E-state index in [-0.39, 0.29) is 22.8 Å². The summed E-state index contributed by atoms with van der Waals surface area (Å²) in [5.41, 5.74) is 0.0557. The topological polar surface area (TPSA) is 87.3 Å². The fourth-order valence-electron chi connectivity index (χ4n) is 1.76. The van der Waals surface area contributed by atoms with Crippen LogP contribution in [-0.2, 0) is 0 Å². The van der Waals surface area contributed by atoms with Crippen LogP contribution in [0, 0.1) is 10.1 Å². The molecule has 1 aliphatic heterocycles. The predicted octanol–water partition coefficient (Wildman–Crippen LogP) is 1.86. The number of fused-ring (bicyclic) bond motifs is 1. The number of aromatic nitrogens is 2. The first-order valence-electron chi connectivity index (χ1n) is 5.35. The lowest BCUT2D eigenvalue weighted by atomic mass is 10.1. The Balaban J connectivity index is 2.00. The summed E-state index contributed by atoms with van der Waals surface area (Å²) in [4.78, 5) is 26.0. The fourth-order valence-corrected chi connectivity index (χ4v) is 1.76. The number of carbonyl (C=O) groups excluding carboxylic acids is 1. The number of allylic oxidation sites excluding steroid dienone is 1. The van der Waals surface area contributed by atoms with Gasteiger partial charge in [-0.1, -0.05) is 0 Å². The summed E-state index contributed by atoms with van der Waals surface area (Å²) in [5, 5.41) is 10.7. The van der Waals surface area contributed by atoms with Gasteiger partial charge in [0.15, 0.2) is 5.76 Å². The van der Waals surface area contributed by atoms with Crippen molar-refractivity contribution in [2.24, 2.45) is 0 Å². The maximum atomic E-state index is 12.0. The van der Waals surface area contributed by atoms with Crippen LogP contribution < -0.4 is 4.74 Å². The highest BCUT2D eigenvalue weighted by Crippen LogP contribution is 2.33. The highest BCUT2D eigenvalue weighted by Gasteiger charge is 2.29. The Morgan fingerprint density at radius 1 is 1.42 bits per heavy atom. The number of hydrogen-bond acceptors (Lipinski definition) is 5. The number of ether oxygens (including phenoxy) is 1. The molecule has 3 rings (SSSR count). The third kappa shape index (κ3) is 1.86. The van der Waals surface area contributed by atoms with E-state index in [2.05, 4.69) is 4.98 Å². The zero-order chi connectivity index (χ0) is 13.4. The molecule has 0 aliphatic carbocycles. The van der Waals surface area contributed by atoms with E-state index in [1.54, 1.807) is 17.0 Å². The van der Waals surface area contributed by atoms with Gasteiger partial charge in [0.1, 0.15) is 5.75 Å². The standard InChI is InChI=1S/C12H7N3O4/c16-12-9-5-8(15(17)18)1-2-10(9)19-11(12)6-14-4-3-13-7-14/h1-7H/b11-6+. The molecule has 0 N–H and O–H groups in total. The molecule has 0 amide bonds. The molecule has 0 spiro atoms. The molecule has 94 valence electrons. The van der Waals surface area contributed by atoms with Crippen molar-refractivity contribution < 1.29 is 14.5 Å². The average molecular weight is 257 g/mol. The second kappa shape index (κ2) is 4.05. The summed E-state index contributed by atoms with van der Waals surface area (Å²) in [5.74, 6) is 0.0443. The van der Waals surface area contributed by atoms with Crippen LogP contribution in [0.25, 0.3) is 6.20 Å². The van der Waals surface area contributed by atoms with E-state index in [0.717, 1.165) is 0 Å². The lowest BCUT2D eigenvalue weighted by molar-refractivity contribution is -0.384. The second-order valence-corrected chi connectivity index (χ2v) is 3.87. The van der Waals surface area contributed by atoms with E-state index in [1.165, 1.54) is 30.7 Å². The number of non-ortho nitro benzene ring substituents is 1. The van der Waals surface area contributed by atoms with E-state index in [9.17, 15) is 14.9 Å². The highest BCUT2D eigenvalue weighted by molar-refractivity contribution is 6.14. The third-order valence-electron chi connectivity index (χ3n) is 2.65. The van der Waals surface area contributed by atoms with Crippen LogP contribution in [0.4, 0.5) is 5.69 Å². The smallest absolute Gasteiger partial charge is 0.270 e. The molecule has 1 aliphatic rings. The van der Waals surface area contributed by atoms with Gasteiger partial charge in [-0.05, 0) is 6.07 Å². The molecule has 0 atom stereocenters. The maximum Gasteiger partial charge on any atom is 0.270 e. The molecule has 0 saturated carbocycles. The zero-order valence-electron chi connectivity index (χ0n) is 9.52. The number of carbonyl (C=O) groups is 1. The van der Waals surface area contributed by atoms with Gasteiger partial charge in [-0.25, -0.2) is 4.98 Å². The molecule has 7 heteroatoms. The molecule has 7 nitrogen and oxygen atoms in total. The lowest BCUT2D eigenvalue weighted by Gasteiger charge is -1.97. The second-order valence-electron chi connectivity index (χ2n) is 3.87. The van der Waals surface area contributed by atoms with Crippen LogP contribution in [0.15, 0.2) is 42.7 Å². The van der Waals surface area contributed by atoms with Crippen LogP contribution in [0.2, 0.25) is 0 Å². The first kappa shape index (κ1) is 11.1. The molecular formula is C12H7N3O4. The Morgan fingerprint density at radius 3 is 2.95 bits per heavy atom. The monoisotopic (exact) mass is 257 g/mol. The number of ketones is 1. The summed E-state index contributed by atoms with van der Waals surface area (Å²) in [6.45, 7) is 0. The number of Topliss-reactive ketones (excluding diaryl/α,β-unsaturated/α-hetero) is 1. The Morgan fingerprint density at radius 2 is 2.26 bits per heavy atom. The minimum absolute atomic E-state index is 0.105. The van der Waals surface area contributed by atoms with Gasteiger partial charge < -0.3 is 9.30 Å². The van der Waals surface area contributed by atoms with E-state index in [0.29, 0.717) is 5.75 Å². The van der Waals surface area contributed by atoms with Crippen LogP contribution in [0.3, 0.4) is 0 Å². The van der Waals surface area contributed by atoms with Gasteiger partial charge in [0, 0.05) is 24.5 Å². The highest BCUT2D eigenvalue weighted by atomic mass is 16.6. The molecule has 0 radical (unpaired) electrons. The number of rotatable bonds is 2. The number of nitro groups is 1. The third-order valence-corrected chi connectivity index (χ3v) is 2.65. The van der Waals surface area contributed by atoms with E-state index in [1.807, 2.05) is 0 Å². The van der Waals surface area contributed by atoms with Crippen molar-refractivity contribution in [2.75, 3.05) is 0 Å². The van der Waals surface area contributed by atoms with E-state index in [4.69, 9.17) is 4.74 Å². The summed E-state index contributed by atoms with van der Waals surface area (Å²) >= 11 is 0. The average Bonchev–Trinajstić information content (AvgIpc) is 2.99. The number of nitrogens with zero attached hydrogens (tertiary/aromatic N) is 3. The number of imidazole rings is 1. The minimum Gasteiger partial charge on any atom is -0.451 e. The van der Waals surface area contributed by atoms with Crippen molar-refractivity contribution in [2.45, 2.75) is 0 Å². The first-order chi connectivity index (χ1) is 9.15. The van der Waals surface area contributed by atoms with Crippen molar-refractivity contribution in [3.63, 3.8) is 0 Å². The van der Waals surface area contributed by atoms with Gasteiger partial charge >= 0.3 is 0 Å². The molecule has 2 aromatic rings.